The van der Waals surface area contributed by atoms with E-state index in [9.17, 15) is 5.11 Å². The summed E-state index contributed by atoms with van der Waals surface area (Å²) in [4.78, 5) is 0. The highest BCUT2D eigenvalue weighted by Gasteiger charge is 2.14. The van der Waals surface area contributed by atoms with Crippen molar-refractivity contribution >= 4 is 5.69 Å². The summed E-state index contributed by atoms with van der Waals surface area (Å²) in [6.07, 6.45) is 0.987. The molecule has 0 saturated carbocycles. The van der Waals surface area contributed by atoms with Gasteiger partial charge in [0, 0.05) is 24.2 Å². The van der Waals surface area contributed by atoms with E-state index in [-0.39, 0.29) is 6.04 Å². The molecule has 3 rings (SSSR count). The Morgan fingerprint density at radius 2 is 2.05 bits per heavy atom. The molecule has 2 aromatic carbocycles. The molecule has 0 saturated heterocycles. The maximum absolute atomic E-state index is 9.75. The Hall–Kier alpha value is -2.16. The number of anilines is 1. The van der Waals surface area contributed by atoms with E-state index in [1.165, 1.54) is 11.1 Å². The summed E-state index contributed by atoms with van der Waals surface area (Å²) in [5.74, 6) is 1.33. The van der Waals surface area contributed by atoms with E-state index in [0.29, 0.717) is 5.75 Å². The van der Waals surface area contributed by atoms with Crippen LogP contribution in [0.15, 0.2) is 36.4 Å². The van der Waals surface area contributed by atoms with Gasteiger partial charge in [0.25, 0.3) is 0 Å². The quantitative estimate of drug-likeness (QED) is 0.890. The Bertz CT molecular complexity index is 637. The number of aromatic hydroxyl groups is 1. The van der Waals surface area contributed by atoms with Gasteiger partial charge in [0.05, 0.1) is 6.61 Å². The number of benzene rings is 2. The van der Waals surface area contributed by atoms with E-state index in [0.717, 1.165) is 30.0 Å². The average Bonchev–Trinajstić information content (AvgIpc) is 2.90. The first-order valence-corrected chi connectivity index (χ1v) is 6.95. The number of fused-ring (bicyclic) bond motifs is 1. The predicted octanol–water partition coefficient (Wildman–Crippen LogP) is 3.81. The Labute approximate surface area is 119 Å². The van der Waals surface area contributed by atoms with Crippen LogP contribution in [0, 0.1) is 6.92 Å². The van der Waals surface area contributed by atoms with Gasteiger partial charge in [0.1, 0.15) is 11.5 Å². The fourth-order valence-corrected chi connectivity index (χ4v) is 2.51. The molecule has 0 aliphatic carbocycles. The van der Waals surface area contributed by atoms with Crippen LogP contribution in [0.25, 0.3) is 0 Å². The molecule has 2 N–H and O–H groups in total. The number of rotatable bonds is 3. The third-order valence-electron chi connectivity index (χ3n) is 3.81. The van der Waals surface area contributed by atoms with Crippen molar-refractivity contribution in [1.82, 2.24) is 0 Å². The molecule has 2 aromatic rings. The van der Waals surface area contributed by atoms with E-state index >= 15 is 0 Å². The molecule has 0 fully saturated rings. The highest BCUT2D eigenvalue weighted by atomic mass is 16.5. The molecule has 0 bridgehead atoms. The molecule has 3 heteroatoms. The summed E-state index contributed by atoms with van der Waals surface area (Å²) in [6, 6.07) is 12.2. The van der Waals surface area contributed by atoms with Gasteiger partial charge in [-0.05, 0) is 48.7 Å². The van der Waals surface area contributed by atoms with Crippen molar-refractivity contribution in [3.63, 3.8) is 0 Å². The molecule has 1 aliphatic rings. The van der Waals surface area contributed by atoms with Gasteiger partial charge in [-0.25, -0.2) is 0 Å². The first-order valence-electron chi connectivity index (χ1n) is 6.95. The Morgan fingerprint density at radius 3 is 2.85 bits per heavy atom. The number of ether oxygens (including phenoxy) is 1. The summed E-state index contributed by atoms with van der Waals surface area (Å²) < 4.78 is 5.53. The molecular weight excluding hydrogens is 250 g/mol. The molecule has 0 amide bonds. The third-order valence-corrected chi connectivity index (χ3v) is 3.81. The zero-order valence-corrected chi connectivity index (χ0v) is 11.8. The van der Waals surface area contributed by atoms with Crippen molar-refractivity contribution in [2.45, 2.75) is 26.3 Å². The summed E-state index contributed by atoms with van der Waals surface area (Å²) in [6.45, 7) is 4.80. The summed E-state index contributed by atoms with van der Waals surface area (Å²) in [7, 11) is 0. The second kappa shape index (κ2) is 5.08. The number of hydrogen-bond donors (Lipinski definition) is 2. The minimum Gasteiger partial charge on any atom is -0.508 e. The average molecular weight is 269 g/mol. The first kappa shape index (κ1) is 12.9. The van der Waals surface area contributed by atoms with Crippen LogP contribution in [0.1, 0.15) is 29.7 Å². The number of aryl methyl sites for hydroxylation is 1. The molecular formula is C17H19NO2. The smallest absolute Gasteiger partial charge is 0.122 e. The Morgan fingerprint density at radius 1 is 1.20 bits per heavy atom. The highest BCUT2D eigenvalue weighted by molar-refractivity contribution is 5.52. The minimum absolute atomic E-state index is 0.183. The first-order chi connectivity index (χ1) is 9.63. The zero-order chi connectivity index (χ0) is 14.1. The lowest BCUT2D eigenvalue weighted by Gasteiger charge is -2.17. The second-order valence-electron chi connectivity index (χ2n) is 5.33. The van der Waals surface area contributed by atoms with Gasteiger partial charge in [0.2, 0.25) is 0 Å². The van der Waals surface area contributed by atoms with Crippen LogP contribution in [0.3, 0.4) is 0 Å². The van der Waals surface area contributed by atoms with E-state index in [2.05, 4.69) is 24.4 Å². The van der Waals surface area contributed by atoms with E-state index in [4.69, 9.17) is 4.74 Å². The van der Waals surface area contributed by atoms with Crippen molar-refractivity contribution in [3.8, 4) is 11.5 Å². The van der Waals surface area contributed by atoms with Crippen LogP contribution in [0.2, 0.25) is 0 Å². The Kier molecular flexibility index (Phi) is 3.26. The lowest BCUT2D eigenvalue weighted by atomic mass is 10.0. The van der Waals surface area contributed by atoms with Gasteiger partial charge in [-0.3, -0.25) is 0 Å². The molecule has 1 heterocycles. The molecule has 20 heavy (non-hydrogen) atoms. The van der Waals surface area contributed by atoms with Crippen LogP contribution >= 0.6 is 0 Å². The van der Waals surface area contributed by atoms with Crippen LogP contribution in [-0.2, 0) is 6.42 Å². The molecule has 0 aromatic heterocycles. The number of hydrogen-bond acceptors (Lipinski definition) is 3. The third kappa shape index (κ3) is 2.44. The van der Waals surface area contributed by atoms with Gasteiger partial charge in [-0.15, -0.1) is 0 Å². The zero-order valence-electron chi connectivity index (χ0n) is 11.8. The van der Waals surface area contributed by atoms with E-state index in [1.54, 1.807) is 6.07 Å². The van der Waals surface area contributed by atoms with E-state index in [1.807, 2.05) is 25.1 Å². The molecule has 0 radical (unpaired) electrons. The van der Waals surface area contributed by atoms with Crippen LogP contribution in [0.4, 0.5) is 5.69 Å². The van der Waals surface area contributed by atoms with Crippen LogP contribution in [0.5, 0.6) is 11.5 Å². The fraction of sp³-hybridized carbons (Fsp3) is 0.294. The normalized spacial score (nSPS) is 14.5. The SMILES string of the molecule is Cc1ccc(NC(C)c2ccc3c(c2)CCO3)cc1O. The molecule has 1 aliphatic heterocycles. The summed E-state index contributed by atoms with van der Waals surface area (Å²) in [5.41, 5.74) is 4.33. The molecule has 1 unspecified atom stereocenters. The fourth-order valence-electron chi connectivity index (χ4n) is 2.51. The van der Waals surface area contributed by atoms with Crippen molar-refractivity contribution in [1.29, 1.82) is 0 Å². The maximum Gasteiger partial charge on any atom is 0.122 e. The van der Waals surface area contributed by atoms with E-state index < -0.39 is 0 Å². The number of nitrogens with one attached hydrogen (secondary N) is 1. The minimum atomic E-state index is 0.183. The standard InChI is InChI=1S/C17H19NO2/c1-11-3-5-15(10-16(11)19)18-12(2)13-4-6-17-14(9-13)7-8-20-17/h3-6,9-10,12,18-19H,7-8H2,1-2H3. The predicted molar refractivity (Wildman–Crippen MR) is 80.5 cm³/mol. The maximum atomic E-state index is 9.75. The topological polar surface area (TPSA) is 41.5 Å². The largest absolute Gasteiger partial charge is 0.508 e. The summed E-state index contributed by atoms with van der Waals surface area (Å²) >= 11 is 0. The van der Waals surface area contributed by atoms with Crippen molar-refractivity contribution in [3.05, 3.63) is 53.1 Å². The van der Waals surface area contributed by atoms with Gasteiger partial charge in [-0.2, -0.15) is 0 Å². The summed E-state index contributed by atoms with van der Waals surface area (Å²) in [5, 5.41) is 13.2. The van der Waals surface area contributed by atoms with Crippen LogP contribution in [-0.4, -0.2) is 11.7 Å². The molecule has 3 nitrogen and oxygen atoms in total. The van der Waals surface area contributed by atoms with Crippen molar-refractivity contribution in [2.24, 2.45) is 0 Å². The monoisotopic (exact) mass is 269 g/mol. The van der Waals surface area contributed by atoms with Gasteiger partial charge in [0.15, 0.2) is 0 Å². The molecule has 0 spiro atoms. The van der Waals surface area contributed by atoms with Gasteiger partial charge >= 0.3 is 0 Å². The van der Waals surface area contributed by atoms with Crippen LogP contribution < -0.4 is 10.1 Å². The van der Waals surface area contributed by atoms with Gasteiger partial charge in [-0.1, -0.05) is 12.1 Å². The van der Waals surface area contributed by atoms with Crippen molar-refractivity contribution < 1.29 is 9.84 Å². The number of phenolic OH excluding ortho intramolecular Hbond substituents is 1. The highest BCUT2D eigenvalue weighted by Crippen LogP contribution is 2.30. The lowest BCUT2D eigenvalue weighted by molar-refractivity contribution is 0.357. The Balaban J connectivity index is 1.78. The number of phenols is 1. The molecule has 104 valence electrons. The second-order valence-corrected chi connectivity index (χ2v) is 5.33. The van der Waals surface area contributed by atoms with Crippen molar-refractivity contribution in [2.75, 3.05) is 11.9 Å². The lowest BCUT2D eigenvalue weighted by Crippen LogP contribution is -2.06. The molecule has 1 atom stereocenters. The van der Waals surface area contributed by atoms with Gasteiger partial charge < -0.3 is 15.2 Å².